The summed E-state index contributed by atoms with van der Waals surface area (Å²) in [4.78, 5) is 24.9. The number of benzene rings is 3. The number of carbonyl (C=O) groups excluding carboxylic acids is 2. The van der Waals surface area contributed by atoms with Crippen LogP contribution in [0, 0.1) is 0 Å². The van der Waals surface area contributed by atoms with Crippen LogP contribution in [0.1, 0.15) is 60.4 Å². The van der Waals surface area contributed by atoms with Gasteiger partial charge in [-0.05, 0) is 72.5 Å². The minimum absolute atomic E-state index is 0.00281. The molecule has 35 heavy (non-hydrogen) atoms. The van der Waals surface area contributed by atoms with Gasteiger partial charge in [-0.1, -0.05) is 72.8 Å². The third kappa shape index (κ3) is 5.01. The molecule has 5 rings (SSSR count). The number of Topliss-reactive ketones (excluding diaryl/α,β-unsaturated/α-hetero) is 1. The molecule has 0 fully saturated rings. The van der Waals surface area contributed by atoms with Gasteiger partial charge in [0.25, 0.3) is 0 Å². The zero-order valence-electron chi connectivity index (χ0n) is 20.1. The number of fused-ring (bicyclic) bond motifs is 4. The lowest BCUT2D eigenvalue weighted by molar-refractivity contribution is -0.119. The quantitative estimate of drug-likeness (QED) is 0.456. The van der Waals surface area contributed by atoms with Crippen molar-refractivity contribution in [2.24, 2.45) is 0 Å². The SMILES string of the molecule is CC(=O)[C@@H](CCNC1CCCc2ccccc21)NC(=O)OCC1c2ccccc2-c2ccccc21. The molecule has 0 bridgehead atoms. The molecule has 0 aliphatic heterocycles. The highest BCUT2D eigenvalue weighted by atomic mass is 16.5. The average Bonchev–Trinajstić information content (AvgIpc) is 3.20. The Morgan fingerprint density at radius 1 is 0.914 bits per heavy atom. The van der Waals surface area contributed by atoms with E-state index < -0.39 is 12.1 Å². The predicted octanol–water partition coefficient (Wildman–Crippen LogP) is 5.54. The Bertz CT molecular complexity index is 1180. The minimum atomic E-state index is -0.572. The maximum Gasteiger partial charge on any atom is 0.407 e. The van der Waals surface area contributed by atoms with E-state index in [-0.39, 0.29) is 18.3 Å². The van der Waals surface area contributed by atoms with Gasteiger partial charge in [-0.25, -0.2) is 4.79 Å². The zero-order valence-corrected chi connectivity index (χ0v) is 20.1. The number of nitrogens with one attached hydrogen (secondary N) is 2. The summed E-state index contributed by atoms with van der Waals surface area (Å²) in [7, 11) is 0. The van der Waals surface area contributed by atoms with E-state index in [0.717, 1.165) is 19.3 Å². The lowest BCUT2D eigenvalue weighted by atomic mass is 9.87. The standard InChI is InChI=1S/C30H32N2O3/c1-20(33)28(17-18-31-29-16-8-10-21-9-2-3-11-22(21)29)32-30(34)35-19-27-25-14-6-4-12-23(25)24-13-5-7-15-26(24)27/h2-7,9,11-15,27-29,31H,8,10,16-19H2,1H3,(H,32,34)/t28-,29?/m1/s1. The van der Waals surface area contributed by atoms with Crippen molar-refractivity contribution in [1.29, 1.82) is 0 Å². The Balaban J connectivity index is 1.16. The fourth-order valence-corrected chi connectivity index (χ4v) is 5.53. The summed E-state index contributed by atoms with van der Waals surface area (Å²) >= 11 is 0. The smallest absolute Gasteiger partial charge is 0.407 e. The number of rotatable bonds is 8. The number of amides is 1. The molecule has 5 nitrogen and oxygen atoms in total. The van der Waals surface area contributed by atoms with Crippen molar-refractivity contribution < 1.29 is 14.3 Å². The van der Waals surface area contributed by atoms with E-state index in [2.05, 4.69) is 59.2 Å². The summed E-state index contributed by atoms with van der Waals surface area (Å²) in [5.41, 5.74) is 7.46. The Morgan fingerprint density at radius 3 is 2.23 bits per heavy atom. The Labute approximate surface area is 206 Å². The second kappa shape index (κ2) is 10.4. The molecular weight excluding hydrogens is 436 g/mol. The average molecular weight is 469 g/mol. The summed E-state index contributed by atoms with van der Waals surface area (Å²) in [6, 6.07) is 24.8. The van der Waals surface area contributed by atoms with Gasteiger partial charge < -0.3 is 15.4 Å². The third-order valence-corrected chi connectivity index (χ3v) is 7.32. The Kier molecular flexibility index (Phi) is 6.96. The normalized spacial score (nSPS) is 17.1. The van der Waals surface area contributed by atoms with Gasteiger partial charge in [-0.2, -0.15) is 0 Å². The van der Waals surface area contributed by atoms with E-state index in [0.29, 0.717) is 19.0 Å². The molecule has 5 heteroatoms. The van der Waals surface area contributed by atoms with Crippen LogP contribution in [-0.4, -0.2) is 31.1 Å². The van der Waals surface area contributed by atoms with Gasteiger partial charge in [0, 0.05) is 12.0 Å². The molecule has 2 aliphatic rings. The molecule has 1 amide bonds. The van der Waals surface area contributed by atoms with Crippen molar-refractivity contribution in [3.05, 3.63) is 95.1 Å². The fourth-order valence-electron chi connectivity index (χ4n) is 5.53. The van der Waals surface area contributed by atoms with Gasteiger partial charge in [-0.3, -0.25) is 4.79 Å². The first-order chi connectivity index (χ1) is 17.1. The third-order valence-electron chi connectivity index (χ3n) is 7.32. The van der Waals surface area contributed by atoms with Crippen LogP contribution in [0.4, 0.5) is 4.79 Å². The summed E-state index contributed by atoms with van der Waals surface area (Å²) in [6.07, 6.45) is 3.34. The molecule has 0 saturated carbocycles. The zero-order chi connectivity index (χ0) is 24.2. The number of hydrogen-bond donors (Lipinski definition) is 2. The van der Waals surface area contributed by atoms with Crippen LogP contribution in [0.3, 0.4) is 0 Å². The number of carbonyl (C=O) groups is 2. The second-order valence-electron chi connectivity index (χ2n) is 9.52. The maximum absolute atomic E-state index is 12.7. The lowest BCUT2D eigenvalue weighted by Crippen LogP contribution is -2.42. The number of alkyl carbamates (subject to hydrolysis) is 1. The number of ether oxygens (including phenoxy) is 1. The fraction of sp³-hybridized carbons (Fsp3) is 0.333. The van der Waals surface area contributed by atoms with Gasteiger partial charge in [0.15, 0.2) is 5.78 Å². The van der Waals surface area contributed by atoms with E-state index in [1.165, 1.54) is 40.3 Å². The van der Waals surface area contributed by atoms with Crippen LogP contribution in [-0.2, 0) is 16.0 Å². The molecule has 3 aromatic rings. The maximum atomic E-state index is 12.7. The second-order valence-corrected chi connectivity index (χ2v) is 9.52. The van der Waals surface area contributed by atoms with Gasteiger partial charge in [0.2, 0.25) is 0 Å². The first-order valence-electron chi connectivity index (χ1n) is 12.5. The molecule has 0 spiro atoms. The number of aryl methyl sites for hydroxylation is 1. The largest absolute Gasteiger partial charge is 0.449 e. The van der Waals surface area contributed by atoms with E-state index in [1.54, 1.807) is 0 Å². The van der Waals surface area contributed by atoms with E-state index >= 15 is 0 Å². The number of hydrogen-bond acceptors (Lipinski definition) is 4. The van der Waals surface area contributed by atoms with Gasteiger partial charge in [-0.15, -0.1) is 0 Å². The molecule has 2 N–H and O–H groups in total. The van der Waals surface area contributed by atoms with E-state index in [1.807, 2.05) is 24.3 Å². The van der Waals surface area contributed by atoms with Crippen LogP contribution < -0.4 is 10.6 Å². The first kappa shape index (κ1) is 23.3. The Morgan fingerprint density at radius 2 is 1.54 bits per heavy atom. The molecular formula is C30H32N2O3. The molecule has 0 heterocycles. The van der Waals surface area contributed by atoms with E-state index in [9.17, 15) is 9.59 Å². The highest BCUT2D eigenvalue weighted by Crippen LogP contribution is 2.44. The molecule has 2 aliphatic carbocycles. The van der Waals surface area contributed by atoms with Gasteiger partial charge >= 0.3 is 6.09 Å². The highest BCUT2D eigenvalue weighted by Gasteiger charge is 2.29. The highest BCUT2D eigenvalue weighted by molar-refractivity contribution is 5.85. The van der Waals surface area contributed by atoms with Crippen molar-refractivity contribution in [3.8, 4) is 11.1 Å². The summed E-state index contributed by atoms with van der Waals surface area (Å²) < 4.78 is 5.64. The van der Waals surface area contributed by atoms with E-state index in [4.69, 9.17) is 4.74 Å². The van der Waals surface area contributed by atoms with Crippen molar-refractivity contribution >= 4 is 11.9 Å². The van der Waals surface area contributed by atoms with Crippen LogP contribution >= 0.6 is 0 Å². The van der Waals surface area contributed by atoms with Crippen LogP contribution in [0.5, 0.6) is 0 Å². The van der Waals surface area contributed by atoms with Crippen LogP contribution in [0.25, 0.3) is 11.1 Å². The topological polar surface area (TPSA) is 67.4 Å². The van der Waals surface area contributed by atoms with Crippen LogP contribution in [0.2, 0.25) is 0 Å². The van der Waals surface area contributed by atoms with Crippen LogP contribution in [0.15, 0.2) is 72.8 Å². The molecule has 2 atom stereocenters. The van der Waals surface area contributed by atoms with Crippen molar-refractivity contribution in [3.63, 3.8) is 0 Å². The first-order valence-corrected chi connectivity index (χ1v) is 12.5. The monoisotopic (exact) mass is 468 g/mol. The van der Waals surface area contributed by atoms with Crippen molar-refractivity contribution in [2.45, 2.75) is 50.6 Å². The number of ketones is 1. The summed E-state index contributed by atoms with van der Waals surface area (Å²) in [6.45, 7) is 2.40. The molecule has 0 radical (unpaired) electrons. The van der Waals surface area contributed by atoms with Gasteiger partial charge in [0.05, 0.1) is 6.04 Å². The summed E-state index contributed by atoms with van der Waals surface area (Å²) in [5.74, 6) is -0.0682. The van der Waals surface area contributed by atoms with Gasteiger partial charge in [0.1, 0.15) is 6.61 Å². The molecule has 0 aromatic heterocycles. The predicted molar refractivity (Wildman–Crippen MR) is 137 cm³/mol. The Hall–Kier alpha value is -3.44. The molecule has 0 saturated heterocycles. The van der Waals surface area contributed by atoms with Crippen molar-refractivity contribution in [1.82, 2.24) is 10.6 Å². The molecule has 180 valence electrons. The lowest BCUT2D eigenvalue weighted by Gasteiger charge is -2.27. The summed E-state index contributed by atoms with van der Waals surface area (Å²) in [5, 5.41) is 6.39. The molecule has 1 unspecified atom stereocenters. The van der Waals surface area contributed by atoms with Crippen molar-refractivity contribution in [2.75, 3.05) is 13.2 Å². The minimum Gasteiger partial charge on any atom is -0.449 e. The molecule has 3 aromatic carbocycles.